The summed E-state index contributed by atoms with van der Waals surface area (Å²) in [6, 6.07) is 13.5. The Labute approximate surface area is 341 Å². The summed E-state index contributed by atoms with van der Waals surface area (Å²) in [5, 5.41) is 21.8. The molecule has 0 amide bonds. The van der Waals surface area contributed by atoms with Crippen LogP contribution in [0, 0.1) is 35.8 Å². The fourth-order valence-corrected chi connectivity index (χ4v) is 13.5. The van der Waals surface area contributed by atoms with Gasteiger partial charge in [-0.2, -0.15) is 0 Å². The second-order valence-corrected chi connectivity index (χ2v) is 18.7. The van der Waals surface area contributed by atoms with Crippen molar-refractivity contribution in [2.75, 3.05) is 0 Å². The lowest BCUT2D eigenvalue weighted by molar-refractivity contribution is 0.353. The van der Waals surface area contributed by atoms with Gasteiger partial charge in [0.25, 0.3) is 22.5 Å². The predicted octanol–water partition coefficient (Wildman–Crippen LogP) is 7.80. The number of fused-ring (bicyclic) bond motifs is 7. The van der Waals surface area contributed by atoms with Crippen LogP contribution in [0.3, 0.4) is 0 Å². The smallest absolute Gasteiger partial charge is 0.294 e. The van der Waals surface area contributed by atoms with Crippen LogP contribution in [0.15, 0.2) is 45.0 Å². The van der Waals surface area contributed by atoms with Crippen LogP contribution in [0.1, 0.15) is 100 Å². The Bertz CT molecular complexity index is 2970. The molecule has 0 N–H and O–H groups in total. The SMILES string of the molecule is [C-]#[N+]/C(C#N)=c1\s/c(=C\C2=Cc3cc4sc5cc6c(cc5c4cc3C23CCCCC3)C2(CCCCC2)C(/C=c2\s/c(=C(\C#N)[N+]#[C-])n(CC)c2=O)=C6)c(=O)n1CC. The summed E-state index contributed by atoms with van der Waals surface area (Å²) in [7, 11) is 0. The Morgan fingerprint density at radius 1 is 0.684 bits per heavy atom. The van der Waals surface area contributed by atoms with Crippen molar-refractivity contribution in [3.05, 3.63) is 120 Å². The zero-order chi connectivity index (χ0) is 39.6. The lowest BCUT2D eigenvalue weighted by Gasteiger charge is -2.37. The summed E-state index contributed by atoms with van der Waals surface area (Å²) in [5.74, 6) is 0. The second-order valence-electron chi connectivity index (χ2n) is 15.5. The van der Waals surface area contributed by atoms with Gasteiger partial charge in [0, 0.05) is 44.1 Å². The number of nitrogens with zero attached hydrogens (tertiary/aromatic N) is 6. The third-order valence-corrected chi connectivity index (χ3v) is 16.2. The average Bonchev–Trinajstić information content (AvgIpc) is 3.98. The Balaban J connectivity index is 1.21. The van der Waals surface area contributed by atoms with E-state index in [1.165, 1.54) is 77.9 Å². The maximum atomic E-state index is 13.7. The van der Waals surface area contributed by atoms with E-state index in [1.54, 1.807) is 9.13 Å². The molecule has 0 aliphatic heterocycles. The van der Waals surface area contributed by atoms with E-state index in [2.05, 4.69) is 58.3 Å². The number of thiophene rings is 1. The van der Waals surface area contributed by atoms with E-state index in [1.807, 2.05) is 37.3 Å². The van der Waals surface area contributed by atoms with Crippen LogP contribution in [0.5, 0.6) is 0 Å². The van der Waals surface area contributed by atoms with Gasteiger partial charge in [-0.3, -0.25) is 9.59 Å². The molecule has 4 aliphatic carbocycles. The fraction of sp³-hybridized carbons (Fsp3) is 0.348. The van der Waals surface area contributed by atoms with Gasteiger partial charge >= 0.3 is 0 Å². The Hall–Kier alpha value is -5.56. The highest BCUT2D eigenvalue weighted by Crippen LogP contribution is 2.56. The second kappa shape index (κ2) is 14.1. The van der Waals surface area contributed by atoms with Gasteiger partial charge in [0.15, 0.2) is 0 Å². The fourth-order valence-electron chi connectivity index (χ4n) is 10.2. The molecule has 3 aromatic heterocycles. The van der Waals surface area contributed by atoms with E-state index in [0.29, 0.717) is 31.5 Å². The standard InChI is InChI=1S/C46H38N6O2S3/c1-5-51-41(53)39(56-43(51)35(25-47)49-3)21-29-17-27-19-37-31(23-33(27)45(29)13-9-7-10-14-45)32-24-34-28(20-38(32)55-37)18-30(46(34)15-11-8-12-16-46)22-40-42(54)52(6-2)44(57-40)36(26-48)50-4/h17-24H,5-16H2,1-2H3/b39-21-,40-22-,43-35-,44-36+. The molecule has 0 radical (unpaired) electrons. The normalized spacial score (nSPS) is 19.5. The number of hydrogen-bond acceptors (Lipinski definition) is 7. The topological polar surface area (TPSA) is 100 Å². The molecular formula is C46H38N6O2S3. The zero-order valence-electron chi connectivity index (χ0n) is 31.8. The molecule has 0 bridgehead atoms. The molecule has 0 atom stereocenters. The monoisotopic (exact) mass is 802 g/mol. The summed E-state index contributed by atoms with van der Waals surface area (Å²) in [6.45, 7) is 19.6. The maximum Gasteiger partial charge on any atom is 0.294 e. The van der Waals surface area contributed by atoms with Crippen molar-refractivity contribution in [3.8, 4) is 12.1 Å². The highest BCUT2D eigenvalue weighted by molar-refractivity contribution is 7.25. The first-order valence-electron chi connectivity index (χ1n) is 19.7. The molecular weight excluding hydrogens is 765 g/mol. The number of allylic oxidation sites excluding steroid dienone is 2. The number of benzene rings is 2. The van der Waals surface area contributed by atoms with E-state index < -0.39 is 0 Å². The molecule has 57 heavy (non-hydrogen) atoms. The van der Waals surface area contributed by atoms with Crippen LogP contribution in [-0.2, 0) is 23.9 Å². The Kier molecular flexibility index (Phi) is 9.18. The van der Waals surface area contributed by atoms with E-state index >= 15 is 0 Å². The molecule has 4 aliphatic rings. The lowest BCUT2D eigenvalue weighted by Crippen LogP contribution is -2.33. The maximum absolute atomic E-state index is 13.7. The number of hydrogen-bond donors (Lipinski definition) is 0. The number of thiazole rings is 2. The summed E-state index contributed by atoms with van der Waals surface area (Å²) in [5.41, 5.74) is 6.54. The molecule has 2 spiro atoms. The minimum Gasteiger partial charge on any atom is -0.307 e. The highest BCUT2D eigenvalue weighted by Gasteiger charge is 2.44. The molecule has 2 aromatic carbocycles. The molecule has 5 aromatic rings. The third-order valence-electron chi connectivity index (χ3n) is 12.8. The summed E-state index contributed by atoms with van der Waals surface area (Å²) in [4.78, 5) is 34.2. The van der Waals surface area contributed by atoms with Crippen LogP contribution >= 0.6 is 34.0 Å². The third kappa shape index (κ3) is 5.52. The van der Waals surface area contributed by atoms with Crippen molar-refractivity contribution in [1.29, 1.82) is 10.5 Å². The van der Waals surface area contributed by atoms with Gasteiger partial charge in [-0.05, 0) is 109 Å². The minimum atomic E-state index is -0.211. The van der Waals surface area contributed by atoms with Gasteiger partial charge in [0.2, 0.25) is 0 Å². The molecule has 0 saturated heterocycles. The first-order valence-corrected chi connectivity index (χ1v) is 22.1. The van der Waals surface area contributed by atoms with Crippen molar-refractivity contribution >= 4 is 89.9 Å². The van der Waals surface area contributed by atoms with Crippen molar-refractivity contribution < 1.29 is 0 Å². The highest BCUT2D eigenvalue weighted by atomic mass is 32.1. The summed E-state index contributed by atoms with van der Waals surface area (Å²) < 4.78 is 7.56. The van der Waals surface area contributed by atoms with Gasteiger partial charge in [-0.1, -0.05) is 50.7 Å². The number of rotatable bonds is 4. The Morgan fingerprint density at radius 3 is 1.44 bits per heavy atom. The predicted molar refractivity (Wildman–Crippen MR) is 232 cm³/mol. The first-order chi connectivity index (χ1) is 27.7. The molecule has 282 valence electrons. The molecule has 11 heteroatoms. The van der Waals surface area contributed by atoms with E-state index in [4.69, 9.17) is 13.1 Å². The van der Waals surface area contributed by atoms with E-state index in [9.17, 15) is 20.1 Å². The number of aromatic nitrogens is 2. The Morgan fingerprint density at radius 2 is 1.09 bits per heavy atom. The van der Waals surface area contributed by atoms with Crippen LogP contribution in [-0.4, -0.2) is 9.13 Å². The van der Waals surface area contributed by atoms with E-state index in [0.717, 1.165) is 62.5 Å². The van der Waals surface area contributed by atoms with Crippen LogP contribution in [0.2, 0.25) is 0 Å². The molecule has 8 nitrogen and oxygen atoms in total. The van der Waals surface area contributed by atoms with Gasteiger partial charge in [0.05, 0.1) is 34.3 Å². The van der Waals surface area contributed by atoms with E-state index in [-0.39, 0.29) is 33.3 Å². The van der Waals surface area contributed by atoms with Crippen LogP contribution in [0.4, 0.5) is 0 Å². The number of nitriles is 2. The molecule has 2 saturated carbocycles. The largest absolute Gasteiger partial charge is 0.307 e. The van der Waals surface area contributed by atoms with Crippen molar-refractivity contribution in [2.24, 2.45) is 0 Å². The zero-order valence-corrected chi connectivity index (χ0v) is 34.3. The molecule has 2 fully saturated rings. The van der Waals surface area contributed by atoms with Crippen molar-refractivity contribution in [2.45, 2.75) is 102 Å². The lowest BCUT2D eigenvalue weighted by atomic mass is 9.66. The van der Waals surface area contributed by atoms with Crippen molar-refractivity contribution in [1.82, 2.24) is 9.13 Å². The molecule has 3 heterocycles. The van der Waals surface area contributed by atoms with Gasteiger partial charge in [-0.25, -0.2) is 20.2 Å². The molecule has 0 unspecified atom stereocenters. The van der Waals surface area contributed by atoms with Gasteiger partial charge in [0.1, 0.15) is 9.33 Å². The quantitative estimate of drug-likeness (QED) is 0.173. The van der Waals surface area contributed by atoms with Crippen molar-refractivity contribution in [3.63, 3.8) is 0 Å². The summed E-state index contributed by atoms with van der Waals surface area (Å²) in [6.07, 6.45) is 19.5. The molecule has 9 rings (SSSR count). The first kappa shape index (κ1) is 37.0. The minimum absolute atomic E-state index is 0.0478. The van der Waals surface area contributed by atoms with Crippen LogP contribution < -0.4 is 29.5 Å². The van der Waals surface area contributed by atoms with Gasteiger partial charge in [-0.15, -0.1) is 34.0 Å². The van der Waals surface area contributed by atoms with Gasteiger partial charge < -0.3 is 9.13 Å². The summed E-state index contributed by atoms with van der Waals surface area (Å²) >= 11 is 4.30. The van der Waals surface area contributed by atoms with Crippen LogP contribution in [0.25, 0.3) is 65.6 Å². The average molecular weight is 803 g/mol.